The van der Waals surface area contributed by atoms with E-state index in [1.54, 1.807) is 18.2 Å². The van der Waals surface area contributed by atoms with Crippen molar-refractivity contribution < 1.29 is 9.52 Å². The highest BCUT2D eigenvalue weighted by atomic mass is 16.4. The summed E-state index contributed by atoms with van der Waals surface area (Å²) >= 11 is 0. The average Bonchev–Trinajstić information content (AvgIpc) is 2.43. The smallest absolute Gasteiger partial charge is 0.235 e. The van der Waals surface area contributed by atoms with E-state index >= 15 is 0 Å². The third-order valence-electron chi connectivity index (χ3n) is 3.14. The van der Waals surface area contributed by atoms with Crippen LogP contribution < -0.4 is 5.43 Å². The molecular weight excluding hydrogens is 240 g/mol. The Kier molecular flexibility index (Phi) is 2.60. The van der Waals surface area contributed by atoms with E-state index in [0.717, 1.165) is 5.56 Å². The molecule has 3 nitrogen and oxygen atoms in total. The maximum atomic E-state index is 12.2. The Morgan fingerprint density at radius 3 is 2.47 bits per heavy atom. The summed E-state index contributed by atoms with van der Waals surface area (Å²) in [4.78, 5) is 12.2. The van der Waals surface area contributed by atoms with Gasteiger partial charge in [0.05, 0.1) is 5.39 Å². The summed E-state index contributed by atoms with van der Waals surface area (Å²) < 4.78 is 5.69. The predicted octanol–water partition coefficient (Wildman–Crippen LogP) is 3.47. The van der Waals surface area contributed by atoms with Crippen LogP contribution >= 0.6 is 0 Å². The van der Waals surface area contributed by atoms with E-state index in [1.165, 1.54) is 0 Å². The third-order valence-corrected chi connectivity index (χ3v) is 3.14. The average molecular weight is 252 g/mol. The van der Waals surface area contributed by atoms with Crippen molar-refractivity contribution in [1.82, 2.24) is 0 Å². The van der Waals surface area contributed by atoms with Gasteiger partial charge in [-0.3, -0.25) is 4.79 Å². The summed E-state index contributed by atoms with van der Waals surface area (Å²) in [5.41, 5.74) is 1.57. The lowest BCUT2D eigenvalue weighted by Gasteiger charge is -2.07. The van der Waals surface area contributed by atoms with Gasteiger partial charge in [-0.15, -0.1) is 0 Å². The molecule has 0 aliphatic heterocycles. The van der Waals surface area contributed by atoms with Crippen LogP contribution in [0.2, 0.25) is 0 Å². The molecule has 0 amide bonds. The van der Waals surface area contributed by atoms with Gasteiger partial charge in [-0.1, -0.05) is 42.5 Å². The molecule has 0 unspecified atom stereocenters. The highest BCUT2D eigenvalue weighted by molar-refractivity contribution is 5.84. The normalized spacial score (nSPS) is 10.8. The van der Waals surface area contributed by atoms with Crippen LogP contribution in [0.5, 0.6) is 5.75 Å². The lowest BCUT2D eigenvalue weighted by atomic mass is 10.1. The van der Waals surface area contributed by atoms with E-state index < -0.39 is 5.43 Å². The summed E-state index contributed by atoms with van der Waals surface area (Å²) in [6, 6.07) is 14.5. The van der Waals surface area contributed by atoms with Crippen LogP contribution in [-0.2, 0) is 0 Å². The molecule has 0 atom stereocenters. The molecular formula is C16H12O3. The molecule has 94 valence electrons. The van der Waals surface area contributed by atoms with Crippen LogP contribution in [0.15, 0.2) is 57.7 Å². The Hall–Kier alpha value is -2.55. The van der Waals surface area contributed by atoms with Gasteiger partial charge in [0.15, 0.2) is 5.76 Å². The number of fused-ring (bicyclic) bond motifs is 1. The van der Waals surface area contributed by atoms with Crippen molar-refractivity contribution >= 4 is 11.0 Å². The van der Waals surface area contributed by atoms with E-state index in [9.17, 15) is 9.90 Å². The molecule has 1 N–H and O–H groups in total. The lowest BCUT2D eigenvalue weighted by Crippen LogP contribution is -2.04. The molecule has 0 radical (unpaired) electrons. The van der Waals surface area contributed by atoms with Gasteiger partial charge in [0.1, 0.15) is 5.58 Å². The largest absolute Gasteiger partial charge is 0.502 e. The molecule has 0 saturated carbocycles. The minimum atomic E-state index is -0.391. The van der Waals surface area contributed by atoms with Crippen molar-refractivity contribution in [3.8, 4) is 17.1 Å². The van der Waals surface area contributed by atoms with Crippen LogP contribution in [-0.4, -0.2) is 5.11 Å². The van der Waals surface area contributed by atoms with Gasteiger partial charge in [-0.25, -0.2) is 0 Å². The zero-order valence-corrected chi connectivity index (χ0v) is 10.4. The standard InChI is InChI=1S/C16H12O3/c1-10-6-5-9-12-13(10)14(17)15(18)16(19-12)11-7-3-2-4-8-11/h2-9,18H,1H3. The quantitative estimate of drug-likeness (QED) is 0.721. The van der Waals surface area contributed by atoms with E-state index in [4.69, 9.17) is 4.42 Å². The molecule has 19 heavy (non-hydrogen) atoms. The van der Waals surface area contributed by atoms with E-state index in [0.29, 0.717) is 16.5 Å². The van der Waals surface area contributed by atoms with Crippen molar-refractivity contribution in [1.29, 1.82) is 0 Å². The predicted molar refractivity (Wildman–Crippen MR) is 74.3 cm³/mol. The maximum Gasteiger partial charge on any atom is 0.235 e. The molecule has 2 aromatic carbocycles. The molecule has 0 aliphatic rings. The molecule has 1 heterocycles. The second-order valence-electron chi connectivity index (χ2n) is 4.42. The van der Waals surface area contributed by atoms with Crippen molar-refractivity contribution in [2.45, 2.75) is 6.92 Å². The van der Waals surface area contributed by atoms with Crippen LogP contribution in [0.4, 0.5) is 0 Å². The van der Waals surface area contributed by atoms with Crippen LogP contribution in [0.25, 0.3) is 22.3 Å². The summed E-state index contributed by atoms with van der Waals surface area (Å²) in [6.45, 7) is 1.82. The van der Waals surface area contributed by atoms with E-state index in [1.807, 2.05) is 37.3 Å². The fourth-order valence-corrected chi connectivity index (χ4v) is 2.18. The van der Waals surface area contributed by atoms with Gasteiger partial charge in [0, 0.05) is 5.56 Å². The summed E-state index contributed by atoms with van der Waals surface area (Å²) in [5, 5.41) is 10.5. The Labute approximate surface area is 109 Å². The van der Waals surface area contributed by atoms with Crippen molar-refractivity contribution in [2.75, 3.05) is 0 Å². The molecule has 0 bridgehead atoms. The Bertz CT molecular complexity index is 801. The molecule has 0 spiro atoms. The third kappa shape index (κ3) is 1.80. The second kappa shape index (κ2) is 4.28. The van der Waals surface area contributed by atoms with Gasteiger partial charge >= 0.3 is 0 Å². The number of aryl methyl sites for hydroxylation is 1. The van der Waals surface area contributed by atoms with Crippen molar-refractivity contribution in [2.24, 2.45) is 0 Å². The molecule has 0 aliphatic carbocycles. The SMILES string of the molecule is Cc1cccc2oc(-c3ccccc3)c(O)c(=O)c12. The van der Waals surface area contributed by atoms with Gasteiger partial charge in [-0.05, 0) is 18.6 Å². The first-order valence-electron chi connectivity index (χ1n) is 5.99. The van der Waals surface area contributed by atoms with Crippen molar-refractivity contribution in [3.63, 3.8) is 0 Å². The Morgan fingerprint density at radius 2 is 1.74 bits per heavy atom. The zero-order valence-electron chi connectivity index (χ0n) is 10.4. The number of benzene rings is 2. The summed E-state index contributed by atoms with van der Waals surface area (Å²) in [6.07, 6.45) is 0. The number of aromatic hydroxyl groups is 1. The Morgan fingerprint density at radius 1 is 1.00 bits per heavy atom. The van der Waals surface area contributed by atoms with Gasteiger partial charge < -0.3 is 9.52 Å². The number of hydrogen-bond donors (Lipinski definition) is 1. The highest BCUT2D eigenvalue weighted by Crippen LogP contribution is 2.30. The lowest BCUT2D eigenvalue weighted by molar-refractivity contribution is 0.449. The Balaban J connectivity index is 2.41. The van der Waals surface area contributed by atoms with Crippen LogP contribution in [0.1, 0.15) is 5.56 Å². The number of rotatable bonds is 1. The molecule has 3 rings (SSSR count). The second-order valence-corrected chi connectivity index (χ2v) is 4.42. The molecule has 0 saturated heterocycles. The topological polar surface area (TPSA) is 50.4 Å². The van der Waals surface area contributed by atoms with Crippen LogP contribution in [0, 0.1) is 6.92 Å². The van der Waals surface area contributed by atoms with E-state index in [-0.39, 0.29) is 11.5 Å². The van der Waals surface area contributed by atoms with E-state index in [2.05, 4.69) is 0 Å². The highest BCUT2D eigenvalue weighted by Gasteiger charge is 2.15. The van der Waals surface area contributed by atoms with Gasteiger partial charge in [0.25, 0.3) is 0 Å². The van der Waals surface area contributed by atoms with Crippen LogP contribution in [0.3, 0.4) is 0 Å². The molecule has 3 heteroatoms. The molecule has 0 fully saturated rings. The van der Waals surface area contributed by atoms with Gasteiger partial charge in [-0.2, -0.15) is 0 Å². The molecule has 1 aromatic heterocycles. The monoisotopic (exact) mass is 252 g/mol. The number of hydrogen-bond acceptors (Lipinski definition) is 3. The first-order chi connectivity index (χ1) is 9.18. The minimum absolute atomic E-state index is 0.212. The van der Waals surface area contributed by atoms with Gasteiger partial charge in [0.2, 0.25) is 11.2 Å². The fourth-order valence-electron chi connectivity index (χ4n) is 2.18. The van der Waals surface area contributed by atoms with Crippen molar-refractivity contribution in [3.05, 3.63) is 64.3 Å². The zero-order chi connectivity index (χ0) is 13.4. The minimum Gasteiger partial charge on any atom is -0.502 e. The summed E-state index contributed by atoms with van der Waals surface area (Å²) in [5.74, 6) is -0.128. The first-order valence-corrected chi connectivity index (χ1v) is 5.99. The first kappa shape index (κ1) is 11.5. The molecule has 3 aromatic rings. The fraction of sp³-hybridized carbons (Fsp3) is 0.0625. The summed E-state index contributed by atoms with van der Waals surface area (Å²) in [7, 11) is 0. The maximum absolute atomic E-state index is 12.2.